The van der Waals surface area contributed by atoms with Gasteiger partial charge >= 0.3 is 0 Å². The fraction of sp³-hybridized carbons (Fsp3) is 0.474. The molecule has 0 unspecified atom stereocenters. The summed E-state index contributed by atoms with van der Waals surface area (Å²) in [7, 11) is 0. The van der Waals surface area contributed by atoms with Gasteiger partial charge < -0.3 is 9.88 Å². The number of rotatable bonds is 4. The highest BCUT2D eigenvalue weighted by Gasteiger charge is 2.33. The molecule has 0 aliphatic carbocycles. The second kappa shape index (κ2) is 6.57. The summed E-state index contributed by atoms with van der Waals surface area (Å²) in [5, 5.41) is 0. The SMILES string of the molecule is CC[C@H](C)C(=O)N1CCC[C@H]1c1ncc(-c2ccc(C)cc2)[nH]1. The van der Waals surface area contributed by atoms with E-state index in [1.54, 1.807) is 0 Å². The van der Waals surface area contributed by atoms with Gasteiger partial charge in [0.05, 0.1) is 17.9 Å². The first kappa shape index (κ1) is 15.8. The summed E-state index contributed by atoms with van der Waals surface area (Å²) in [6.07, 6.45) is 4.80. The Bertz CT molecular complexity index is 674. The van der Waals surface area contributed by atoms with Crippen molar-refractivity contribution >= 4 is 5.91 Å². The number of amides is 1. The molecule has 1 fully saturated rings. The lowest BCUT2D eigenvalue weighted by Gasteiger charge is -2.26. The van der Waals surface area contributed by atoms with E-state index in [4.69, 9.17) is 0 Å². The van der Waals surface area contributed by atoms with Crippen molar-refractivity contribution in [1.29, 1.82) is 0 Å². The minimum atomic E-state index is 0.0853. The highest BCUT2D eigenvalue weighted by molar-refractivity contribution is 5.79. The number of aromatic amines is 1. The number of aromatic nitrogens is 2. The summed E-state index contributed by atoms with van der Waals surface area (Å²) < 4.78 is 0. The van der Waals surface area contributed by atoms with Crippen molar-refractivity contribution in [2.45, 2.75) is 46.1 Å². The molecule has 1 amide bonds. The Kier molecular flexibility index (Phi) is 4.51. The first-order chi connectivity index (χ1) is 11.1. The summed E-state index contributed by atoms with van der Waals surface area (Å²) in [5.74, 6) is 1.25. The van der Waals surface area contributed by atoms with Crippen molar-refractivity contribution in [3.8, 4) is 11.3 Å². The van der Waals surface area contributed by atoms with Crippen LogP contribution in [0.2, 0.25) is 0 Å². The molecular weight excluding hydrogens is 286 g/mol. The summed E-state index contributed by atoms with van der Waals surface area (Å²) in [6.45, 7) is 7.00. The number of nitrogens with one attached hydrogen (secondary N) is 1. The largest absolute Gasteiger partial charge is 0.340 e. The van der Waals surface area contributed by atoms with E-state index in [9.17, 15) is 4.79 Å². The Morgan fingerprint density at radius 2 is 2.13 bits per heavy atom. The maximum absolute atomic E-state index is 12.6. The molecule has 2 heterocycles. The van der Waals surface area contributed by atoms with Crippen LogP contribution in [-0.4, -0.2) is 27.3 Å². The number of carbonyl (C=O) groups is 1. The lowest BCUT2D eigenvalue weighted by Crippen LogP contribution is -2.34. The van der Waals surface area contributed by atoms with Gasteiger partial charge in [0.1, 0.15) is 5.82 Å². The molecule has 1 aliphatic heterocycles. The van der Waals surface area contributed by atoms with E-state index in [2.05, 4.69) is 48.1 Å². The Morgan fingerprint density at radius 1 is 1.39 bits per heavy atom. The quantitative estimate of drug-likeness (QED) is 0.924. The van der Waals surface area contributed by atoms with Crippen LogP contribution >= 0.6 is 0 Å². The van der Waals surface area contributed by atoms with Crippen LogP contribution in [0.15, 0.2) is 30.5 Å². The molecule has 23 heavy (non-hydrogen) atoms. The fourth-order valence-corrected chi connectivity index (χ4v) is 3.16. The van der Waals surface area contributed by atoms with Crippen molar-refractivity contribution in [2.24, 2.45) is 5.92 Å². The summed E-state index contributed by atoms with van der Waals surface area (Å²) in [6, 6.07) is 8.50. The van der Waals surface area contributed by atoms with Gasteiger partial charge in [-0.15, -0.1) is 0 Å². The van der Waals surface area contributed by atoms with Gasteiger partial charge in [-0.1, -0.05) is 43.7 Å². The zero-order valence-corrected chi connectivity index (χ0v) is 14.2. The summed E-state index contributed by atoms with van der Waals surface area (Å²) in [5.41, 5.74) is 3.39. The van der Waals surface area contributed by atoms with Crippen LogP contribution in [0.1, 0.15) is 50.5 Å². The molecule has 1 aromatic carbocycles. The van der Waals surface area contributed by atoms with Crippen LogP contribution in [0.5, 0.6) is 0 Å². The van der Waals surface area contributed by atoms with E-state index < -0.39 is 0 Å². The Balaban J connectivity index is 1.81. The molecule has 122 valence electrons. The van der Waals surface area contributed by atoms with E-state index in [-0.39, 0.29) is 17.9 Å². The number of aryl methyl sites for hydroxylation is 1. The van der Waals surface area contributed by atoms with Gasteiger partial charge in [-0.3, -0.25) is 4.79 Å². The Morgan fingerprint density at radius 3 is 2.83 bits per heavy atom. The third-order valence-corrected chi connectivity index (χ3v) is 4.84. The molecule has 2 aromatic rings. The van der Waals surface area contributed by atoms with E-state index >= 15 is 0 Å². The van der Waals surface area contributed by atoms with Crippen LogP contribution in [0.4, 0.5) is 0 Å². The lowest BCUT2D eigenvalue weighted by molar-refractivity contribution is -0.136. The first-order valence-electron chi connectivity index (χ1n) is 8.52. The predicted molar refractivity (Wildman–Crippen MR) is 91.9 cm³/mol. The van der Waals surface area contributed by atoms with Gasteiger partial charge in [-0.2, -0.15) is 0 Å². The van der Waals surface area contributed by atoms with Gasteiger partial charge in [0, 0.05) is 12.5 Å². The summed E-state index contributed by atoms with van der Waals surface area (Å²) >= 11 is 0. The van der Waals surface area contributed by atoms with Crippen LogP contribution < -0.4 is 0 Å². The number of nitrogens with zero attached hydrogens (tertiary/aromatic N) is 2. The summed E-state index contributed by atoms with van der Waals surface area (Å²) in [4.78, 5) is 22.6. The van der Waals surface area contributed by atoms with Gasteiger partial charge in [0.2, 0.25) is 5.91 Å². The Hall–Kier alpha value is -2.10. The molecule has 1 aliphatic rings. The average molecular weight is 311 g/mol. The van der Waals surface area contributed by atoms with E-state index in [0.717, 1.165) is 42.9 Å². The van der Waals surface area contributed by atoms with Gasteiger partial charge in [0.15, 0.2) is 0 Å². The van der Waals surface area contributed by atoms with E-state index in [0.29, 0.717) is 0 Å². The minimum Gasteiger partial charge on any atom is -0.340 e. The zero-order chi connectivity index (χ0) is 16.4. The third-order valence-electron chi connectivity index (χ3n) is 4.84. The molecule has 3 rings (SSSR count). The third kappa shape index (κ3) is 3.16. The molecule has 1 N–H and O–H groups in total. The second-order valence-electron chi connectivity index (χ2n) is 6.55. The van der Waals surface area contributed by atoms with Crippen LogP contribution in [0, 0.1) is 12.8 Å². The second-order valence-corrected chi connectivity index (χ2v) is 6.55. The lowest BCUT2D eigenvalue weighted by atomic mass is 10.1. The van der Waals surface area contributed by atoms with Gasteiger partial charge in [-0.05, 0) is 31.7 Å². The molecule has 0 bridgehead atoms. The topological polar surface area (TPSA) is 49.0 Å². The standard InChI is InChI=1S/C19H25N3O/c1-4-14(3)19(23)22-11-5-6-17(22)18-20-12-16(21-18)15-9-7-13(2)8-10-15/h7-10,12,14,17H,4-6,11H2,1-3H3,(H,20,21)/t14-,17-/m0/s1. The number of likely N-dealkylation sites (tertiary alicyclic amines) is 1. The Labute approximate surface area is 137 Å². The van der Waals surface area contributed by atoms with Crippen molar-refractivity contribution in [2.75, 3.05) is 6.54 Å². The number of benzene rings is 1. The fourth-order valence-electron chi connectivity index (χ4n) is 3.16. The molecule has 4 nitrogen and oxygen atoms in total. The molecule has 0 spiro atoms. The number of imidazole rings is 1. The normalized spacial score (nSPS) is 19.1. The smallest absolute Gasteiger partial charge is 0.226 e. The van der Waals surface area contributed by atoms with Crippen molar-refractivity contribution in [3.05, 3.63) is 41.9 Å². The zero-order valence-electron chi connectivity index (χ0n) is 14.2. The van der Waals surface area contributed by atoms with E-state index in [1.165, 1.54) is 5.56 Å². The molecule has 4 heteroatoms. The molecule has 0 saturated carbocycles. The predicted octanol–water partition coefficient (Wildman–Crippen LogP) is 4.09. The average Bonchev–Trinajstić information content (AvgIpc) is 3.22. The molecular formula is C19H25N3O. The highest BCUT2D eigenvalue weighted by atomic mass is 16.2. The number of hydrogen-bond donors (Lipinski definition) is 1. The van der Waals surface area contributed by atoms with Crippen LogP contribution in [0.3, 0.4) is 0 Å². The van der Waals surface area contributed by atoms with Crippen molar-refractivity contribution in [1.82, 2.24) is 14.9 Å². The van der Waals surface area contributed by atoms with Crippen molar-refractivity contribution < 1.29 is 4.79 Å². The maximum atomic E-state index is 12.6. The molecule has 2 atom stereocenters. The van der Waals surface area contributed by atoms with Gasteiger partial charge in [-0.25, -0.2) is 4.98 Å². The first-order valence-corrected chi connectivity index (χ1v) is 8.52. The monoisotopic (exact) mass is 311 g/mol. The minimum absolute atomic E-state index is 0.0853. The van der Waals surface area contributed by atoms with E-state index in [1.807, 2.05) is 18.0 Å². The van der Waals surface area contributed by atoms with Crippen molar-refractivity contribution in [3.63, 3.8) is 0 Å². The molecule has 1 saturated heterocycles. The molecule has 1 aromatic heterocycles. The van der Waals surface area contributed by atoms with Gasteiger partial charge in [0.25, 0.3) is 0 Å². The van der Waals surface area contributed by atoms with Crippen LogP contribution in [-0.2, 0) is 4.79 Å². The van der Waals surface area contributed by atoms with Crippen LogP contribution in [0.25, 0.3) is 11.3 Å². The number of H-pyrrole nitrogens is 1. The number of hydrogen-bond acceptors (Lipinski definition) is 2. The number of carbonyl (C=O) groups excluding carboxylic acids is 1. The highest BCUT2D eigenvalue weighted by Crippen LogP contribution is 2.33. The maximum Gasteiger partial charge on any atom is 0.226 e. The molecule has 0 radical (unpaired) electrons.